The lowest BCUT2D eigenvalue weighted by Crippen LogP contribution is -2.43. The molecule has 0 unspecified atom stereocenters. The van der Waals surface area contributed by atoms with Gasteiger partial charge in [0, 0.05) is 28.5 Å². The van der Waals surface area contributed by atoms with Crippen molar-refractivity contribution in [3.63, 3.8) is 0 Å². The van der Waals surface area contributed by atoms with Crippen molar-refractivity contribution in [1.82, 2.24) is 19.9 Å². The highest BCUT2D eigenvalue weighted by molar-refractivity contribution is 5.80. The number of nitrogens with zero attached hydrogens (tertiary/aromatic N) is 4. The van der Waals surface area contributed by atoms with Crippen LogP contribution in [0.15, 0.2) is 146 Å². The Morgan fingerprint density at radius 3 is 1.52 bits per heavy atom. The fourth-order valence-electron chi connectivity index (χ4n) is 6.88. The Bertz CT molecular complexity index is 2150. The largest absolute Gasteiger partial charge is 0.255 e. The van der Waals surface area contributed by atoms with E-state index in [-0.39, 0.29) is 10.8 Å². The van der Waals surface area contributed by atoms with Gasteiger partial charge in [0.1, 0.15) is 0 Å². The summed E-state index contributed by atoms with van der Waals surface area (Å²) in [5, 5.41) is 0. The van der Waals surface area contributed by atoms with Gasteiger partial charge in [0.15, 0.2) is 17.5 Å². The minimum Gasteiger partial charge on any atom is -0.255 e. The van der Waals surface area contributed by atoms with Crippen LogP contribution < -0.4 is 0 Å². The van der Waals surface area contributed by atoms with Gasteiger partial charge in [0.25, 0.3) is 0 Å². The smallest absolute Gasteiger partial charge is 0.165 e. The molecule has 0 saturated carbocycles. The standard InChI is InChI=1S/C44H36N4/c1-43(2)37-18-12-11-17-35(37)36-25-23-33(27-38(36)44(43,3)4)41-46-40(32-21-19-30(20-22-32)29-13-7-5-8-14-29)47-42(48-41)34-24-26-39(45-28-34)31-15-9-6-10-16-31/h5-28H,1-4H3. The molecule has 0 atom stereocenters. The summed E-state index contributed by atoms with van der Waals surface area (Å²) >= 11 is 0. The lowest BCUT2D eigenvalue weighted by Gasteiger charge is -2.48. The van der Waals surface area contributed by atoms with Crippen LogP contribution in [-0.2, 0) is 10.8 Å². The van der Waals surface area contributed by atoms with Gasteiger partial charge in [-0.2, -0.15) is 0 Å². The van der Waals surface area contributed by atoms with Crippen LogP contribution in [0.4, 0.5) is 0 Å². The summed E-state index contributed by atoms with van der Waals surface area (Å²) in [6, 6.07) is 48.6. The topological polar surface area (TPSA) is 51.6 Å². The van der Waals surface area contributed by atoms with Gasteiger partial charge < -0.3 is 0 Å². The van der Waals surface area contributed by atoms with E-state index in [2.05, 4.69) is 131 Å². The predicted molar refractivity (Wildman–Crippen MR) is 196 cm³/mol. The molecular weight excluding hydrogens is 585 g/mol. The molecule has 0 saturated heterocycles. The van der Waals surface area contributed by atoms with E-state index in [1.807, 2.05) is 42.6 Å². The number of aromatic nitrogens is 4. The third-order valence-corrected chi connectivity index (χ3v) is 10.4. The Morgan fingerprint density at radius 2 is 0.854 bits per heavy atom. The first-order chi connectivity index (χ1) is 23.3. The molecule has 1 aliphatic carbocycles. The molecule has 2 aromatic heterocycles. The van der Waals surface area contributed by atoms with Gasteiger partial charge in [-0.15, -0.1) is 0 Å². The Morgan fingerprint density at radius 1 is 0.375 bits per heavy atom. The first-order valence-electron chi connectivity index (χ1n) is 16.5. The second kappa shape index (κ2) is 11.5. The van der Waals surface area contributed by atoms with Crippen LogP contribution >= 0.6 is 0 Å². The molecule has 1 aliphatic rings. The molecule has 0 bridgehead atoms. The normalized spacial score (nSPS) is 14.2. The summed E-state index contributed by atoms with van der Waals surface area (Å²) in [7, 11) is 0. The Labute approximate surface area is 282 Å². The first kappa shape index (κ1) is 29.6. The Hall–Kier alpha value is -5.74. The van der Waals surface area contributed by atoms with Gasteiger partial charge in [0.2, 0.25) is 0 Å². The monoisotopic (exact) mass is 620 g/mol. The zero-order chi connectivity index (χ0) is 32.9. The number of hydrogen-bond acceptors (Lipinski definition) is 4. The lowest BCUT2D eigenvalue weighted by atomic mass is 9.55. The fourth-order valence-corrected chi connectivity index (χ4v) is 6.88. The van der Waals surface area contributed by atoms with Crippen molar-refractivity contribution in [3.8, 4) is 67.7 Å². The zero-order valence-electron chi connectivity index (χ0n) is 27.6. The molecule has 7 aromatic rings. The second-order valence-corrected chi connectivity index (χ2v) is 13.6. The molecule has 0 N–H and O–H groups in total. The highest BCUT2D eigenvalue weighted by Gasteiger charge is 2.45. The molecule has 5 aromatic carbocycles. The summed E-state index contributed by atoms with van der Waals surface area (Å²) in [4.78, 5) is 20.0. The molecule has 48 heavy (non-hydrogen) atoms. The van der Waals surface area contributed by atoms with Crippen LogP contribution in [0.1, 0.15) is 38.8 Å². The van der Waals surface area contributed by atoms with E-state index in [4.69, 9.17) is 19.9 Å². The van der Waals surface area contributed by atoms with Crippen molar-refractivity contribution in [2.75, 3.05) is 0 Å². The van der Waals surface area contributed by atoms with E-state index in [9.17, 15) is 0 Å². The van der Waals surface area contributed by atoms with E-state index in [1.165, 1.54) is 27.8 Å². The molecule has 4 heteroatoms. The third kappa shape index (κ3) is 5.01. The molecule has 4 nitrogen and oxygen atoms in total. The summed E-state index contributed by atoms with van der Waals surface area (Å²) in [6.07, 6.45) is 1.86. The zero-order valence-corrected chi connectivity index (χ0v) is 27.6. The van der Waals surface area contributed by atoms with Crippen molar-refractivity contribution in [2.24, 2.45) is 0 Å². The highest BCUT2D eigenvalue weighted by Crippen LogP contribution is 2.54. The van der Waals surface area contributed by atoms with Crippen LogP contribution in [0.5, 0.6) is 0 Å². The lowest BCUT2D eigenvalue weighted by molar-refractivity contribution is 0.299. The SMILES string of the molecule is CC1(C)c2ccccc2-c2ccc(-c3nc(-c4ccc(-c5ccccc5)cc4)nc(-c4ccc(-c5ccccc5)nc4)n3)cc2C1(C)C. The molecule has 8 rings (SSSR count). The van der Waals surface area contributed by atoms with Crippen LogP contribution in [0.25, 0.3) is 67.7 Å². The minimum absolute atomic E-state index is 0.0721. The molecule has 232 valence electrons. The molecule has 0 spiro atoms. The number of hydrogen-bond donors (Lipinski definition) is 0. The molecule has 0 amide bonds. The van der Waals surface area contributed by atoms with Gasteiger partial charge in [-0.3, -0.25) is 4.98 Å². The fraction of sp³-hybridized carbons (Fsp3) is 0.136. The summed E-state index contributed by atoms with van der Waals surface area (Å²) in [5.74, 6) is 1.87. The molecule has 0 radical (unpaired) electrons. The van der Waals surface area contributed by atoms with E-state index in [0.717, 1.165) is 33.5 Å². The summed E-state index contributed by atoms with van der Waals surface area (Å²) < 4.78 is 0. The van der Waals surface area contributed by atoms with E-state index in [1.54, 1.807) is 0 Å². The van der Waals surface area contributed by atoms with Crippen molar-refractivity contribution in [3.05, 3.63) is 157 Å². The van der Waals surface area contributed by atoms with Gasteiger partial charge in [-0.05, 0) is 62.4 Å². The van der Waals surface area contributed by atoms with Crippen molar-refractivity contribution >= 4 is 0 Å². The number of pyridine rings is 1. The number of rotatable bonds is 5. The molecule has 0 aliphatic heterocycles. The van der Waals surface area contributed by atoms with Crippen LogP contribution in [0.3, 0.4) is 0 Å². The quantitative estimate of drug-likeness (QED) is 0.192. The highest BCUT2D eigenvalue weighted by atomic mass is 15.0. The maximum atomic E-state index is 5.10. The minimum atomic E-state index is -0.129. The molecule has 2 heterocycles. The van der Waals surface area contributed by atoms with Crippen LogP contribution in [0, 0.1) is 0 Å². The van der Waals surface area contributed by atoms with Crippen LogP contribution in [-0.4, -0.2) is 19.9 Å². The van der Waals surface area contributed by atoms with E-state index in [0.29, 0.717) is 17.5 Å². The Balaban J connectivity index is 1.26. The van der Waals surface area contributed by atoms with Gasteiger partial charge in [0.05, 0.1) is 5.69 Å². The van der Waals surface area contributed by atoms with Crippen molar-refractivity contribution < 1.29 is 0 Å². The van der Waals surface area contributed by atoms with Gasteiger partial charge >= 0.3 is 0 Å². The van der Waals surface area contributed by atoms with Crippen molar-refractivity contribution in [1.29, 1.82) is 0 Å². The number of benzene rings is 5. The number of fused-ring (bicyclic) bond motifs is 3. The molecular formula is C44H36N4. The average molecular weight is 621 g/mol. The predicted octanol–water partition coefficient (Wildman–Crippen LogP) is 10.8. The second-order valence-electron chi connectivity index (χ2n) is 13.6. The van der Waals surface area contributed by atoms with Gasteiger partial charge in [-0.1, -0.05) is 149 Å². The Kier molecular flexibility index (Phi) is 7.10. The third-order valence-electron chi connectivity index (χ3n) is 10.4. The van der Waals surface area contributed by atoms with Gasteiger partial charge in [-0.25, -0.2) is 15.0 Å². The average Bonchev–Trinajstić information content (AvgIpc) is 3.15. The maximum absolute atomic E-state index is 5.10. The van der Waals surface area contributed by atoms with Crippen molar-refractivity contribution in [2.45, 2.75) is 38.5 Å². The molecule has 0 fully saturated rings. The first-order valence-corrected chi connectivity index (χ1v) is 16.5. The van der Waals surface area contributed by atoms with E-state index >= 15 is 0 Å². The maximum Gasteiger partial charge on any atom is 0.165 e. The summed E-state index contributed by atoms with van der Waals surface area (Å²) in [6.45, 7) is 9.41. The van der Waals surface area contributed by atoms with Crippen LogP contribution in [0.2, 0.25) is 0 Å². The summed E-state index contributed by atoms with van der Waals surface area (Å²) in [5.41, 5.74) is 12.1. The van der Waals surface area contributed by atoms with E-state index < -0.39 is 0 Å².